The van der Waals surface area contributed by atoms with Gasteiger partial charge in [0, 0.05) is 21.4 Å². The van der Waals surface area contributed by atoms with Crippen LogP contribution in [0.25, 0.3) is 6.08 Å². The Balaban J connectivity index is 1.60. The zero-order chi connectivity index (χ0) is 25.4. The minimum absolute atomic E-state index is 0.0158. The van der Waals surface area contributed by atoms with E-state index >= 15 is 0 Å². The van der Waals surface area contributed by atoms with Gasteiger partial charge in [-0.25, -0.2) is 5.01 Å². The molecule has 2 atom stereocenters. The van der Waals surface area contributed by atoms with Gasteiger partial charge in [0.25, 0.3) is 0 Å². The number of hydrogen-bond acceptors (Lipinski definition) is 5. The van der Waals surface area contributed by atoms with Crippen molar-refractivity contribution >= 4 is 55.2 Å². The Hall–Kier alpha value is -3.11. The van der Waals surface area contributed by atoms with Crippen LogP contribution < -0.4 is 0 Å². The number of nitro groups is 1. The maximum absolute atomic E-state index is 13.8. The number of halogens is 2. The number of carbonyl (C=O) groups excluding carboxylic acids is 1. The predicted molar refractivity (Wildman–Crippen MR) is 145 cm³/mol. The van der Waals surface area contributed by atoms with Crippen LogP contribution in [0, 0.1) is 16.0 Å². The van der Waals surface area contributed by atoms with Crippen molar-refractivity contribution in [2.24, 2.45) is 11.0 Å². The fourth-order valence-corrected chi connectivity index (χ4v) is 5.42. The molecule has 36 heavy (non-hydrogen) atoms. The molecule has 0 spiro atoms. The summed E-state index contributed by atoms with van der Waals surface area (Å²) in [6.07, 6.45) is 6.11. The van der Waals surface area contributed by atoms with E-state index in [4.69, 9.17) is 5.10 Å². The summed E-state index contributed by atoms with van der Waals surface area (Å²) in [7, 11) is 0. The van der Waals surface area contributed by atoms with Gasteiger partial charge in [0.2, 0.25) is 5.69 Å². The van der Waals surface area contributed by atoms with E-state index in [0.29, 0.717) is 6.54 Å². The van der Waals surface area contributed by atoms with Crippen LogP contribution in [0.1, 0.15) is 53.8 Å². The third-order valence-corrected chi connectivity index (χ3v) is 7.66. The van der Waals surface area contributed by atoms with Crippen molar-refractivity contribution in [1.29, 1.82) is 0 Å². The first-order chi connectivity index (χ1) is 17.4. The topological polar surface area (TPSA) is 93.6 Å². The number of nitrogens with zero attached hydrogens (tertiary/aromatic N) is 5. The Morgan fingerprint density at radius 3 is 2.44 bits per heavy atom. The van der Waals surface area contributed by atoms with Crippen molar-refractivity contribution in [3.63, 3.8) is 0 Å². The molecule has 10 heteroatoms. The monoisotopic (exact) mass is 611 g/mol. The third-order valence-electron chi connectivity index (χ3n) is 6.60. The predicted octanol–water partition coefficient (Wildman–Crippen LogP) is 6.77. The number of fused-ring (bicyclic) bond motifs is 1. The van der Waals surface area contributed by atoms with Crippen LogP contribution in [-0.4, -0.2) is 31.3 Å². The Labute approximate surface area is 225 Å². The summed E-state index contributed by atoms with van der Waals surface area (Å²) < 4.78 is 3.35. The first kappa shape index (κ1) is 24.6. The summed E-state index contributed by atoms with van der Waals surface area (Å²) in [5.41, 5.74) is 3.43. The van der Waals surface area contributed by atoms with Gasteiger partial charge in [-0.2, -0.15) is 10.2 Å². The van der Waals surface area contributed by atoms with Crippen molar-refractivity contribution in [3.05, 3.63) is 96.2 Å². The lowest BCUT2D eigenvalue weighted by Gasteiger charge is -2.29. The van der Waals surface area contributed by atoms with Gasteiger partial charge in [-0.1, -0.05) is 56.1 Å². The van der Waals surface area contributed by atoms with E-state index in [1.54, 1.807) is 0 Å². The van der Waals surface area contributed by atoms with E-state index in [1.807, 2.05) is 55.5 Å². The van der Waals surface area contributed by atoms with Crippen LogP contribution >= 0.6 is 31.9 Å². The molecule has 184 valence electrons. The molecule has 1 aromatic heterocycles. The van der Waals surface area contributed by atoms with E-state index in [9.17, 15) is 14.9 Å². The minimum atomic E-state index is -0.563. The zero-order valence-corrected chi connectivity index (χ0v) is 22.6. The summed E-state index contributed by atoms with van der Waals surface area (Å²) in [5.74, 6) is -0.579. The van der Waals surface area contributed by atoms with Gasteiger partial charge in [-0.15, -0.1) is 0 Å². The summed E-state index contributed by atoms with van der Waals surface area (Å²) in [6.45, 7) is 2.24. The molecule has 2 aromatic carbocycles. The number of carbonyl (C=O) groups is 1. The third kappa shape index (κ3) is 4.67. The lowest BCUT2D eigenvalue weighted by atomic mass is 9.77. The highest BCUT2D eigenvalue weighted by molar-refractivity contribution is 9.10. The van der Waals surface area contributed by atoms with Crippen LogP contribution in [0.3, 0.4) is 0 Å². The molecule has 1 aliphatic heterocycles. The molecule has 0 radical (unpaired) electrons. The standard InChI is InChI=1S/C26H23Br2N5O3/c1-2-31-15-22(33(35)36)24(29-31)26(34)32-25(17-8-12-20(28)13-9-17)21-5-3-4-18(23(21)30-32)14-16-6-10-19(27)11-7-16/h6-15,21,25H,2-5H2,1H3/b18-14+. The summed E-state index contributed by atoms with van der Waals surface area (Å²) in [6, 6.07) is 15.5. The molecule has 0 saturated heterocycles. The van der Waals surface area contributed by atoms with Crippen LogP contribution in [-0.2, 0) is 6.54 Å². The second kappa shape index (κ2) is 10.1. The van der Waals surface area contributed by atoms with Gasteiger partial charge < -0.3 is 0 Å². The summed E-state index contributed by atoms with van der Waals surface area (Å²) >= 11 is 6.96. The maximum atomic E-state index is 13.8. The molecule has 2 unspecified atom stereocenters. The molecule has 5 rings (SSSR count). The van der Waals surface area contributed by atoms with Crippen LogP contribution in [0.5, 0.6) is 0 Å². The number of hydrazone groups is 1. The minimum Gasteiger partial charge on any atom is -0.265 e. The number of allylic oxidation sites excluding steroid dienone is 1. The van der Waals surface area contributed by atoms with Crippen molar-refractivity contribution in [3.8, 4) is 0 Å². The molecule has 1 fully saturated rings. The number of hydrogen-bond donors (Lipinski definition) is 0. The number of aryl methyl sites for hydroxylation is 1. The van der Waals surface area contributed by atoms with Crippen molar-refractivity contribution in [2.75, 3.05) is 0 Å². The molecule has 8 nitrogen and oxygen atoms in total. The molecule has 1 aliphatic carbocycles. The van der Waals surface area contributed by atoms with Crippen LogP contribution in [0.4, 0.5) is 5.69 Å². The van der Waals surface area contributed by atoms with Crippen molar-refractivity contribution < 1.29 is 9.72 Å². The Bertz CT molecular complexity index is 1380. The van der Waals surface area contributed by atoms with E-state index in [0.717, 1.165) is 50.6 Å². The Morgan fingerprint density at radius 1 is 1.14 bits per heavy atom. The molecule has 0 N–H and O–H groups in total. The first-order valence-corrected chi connectivity index (χ1v) is 13.3. The first-order valence-electron chi connectivity index (χ1n) is 11.7. The molecule has 1 amide bonds. The van der Waals surface area contributed by atoms with E-state index < -0.39 is 10.8 Å². The van der Waals surface area contributed by atoms with Crippen LogP contribution in [0.2, 0.25) is 0 Å². The molecular formula is C26H23Br2N5O3. The zero-order valence-electron chi connectivity index (χ0n) is 19.5. The van der Waals surface area contributed by atoms with Gasteiger partial charge >= 0.3 is 11.6 Å². The summed E-state index contributed by atoms with van der Waals surface area (Å²) in [4.78, 5) is 25.0. The van der Waals surface area contributed by atoms with Crippen molar-refractivity contribution in [1.82, 2.24) is 14.8 Å². The SMILES string of the molecule is CCn1cc([N+](=O)[O-])c(C(=O)N2N=C3/C(=C/c4ccc(Br)cc4)CCCC3C2c2ccc(Br)cc2)n1. The molecular weight excluding hydrogens is 590 g/mol. The Morgan fingerprint density at radius 2 is 1.81 bits per heavy atom. The molecule has 3 aromatic rings. The van der Waals surface area contributed by atoms with E-state index in [1.165, 1.54) is 15.9 Å². The summed E-state index contributed by atoms with van der Waals surface area (Å²) in [5, 5.41) is 22.2. The van der Waals surface area contributed by atoms with E-state index in [-0.39, 0.29) is 23.3 Å². The number of rotatable bonds is 5. The second-order valence-corrected chi connectivity index (χ2v) is 10.7. The van der Waals surface area contributed by atoms with Gasteiger partial charge in [-0.3, -0.25) is 19.6 Å². The molecule has 1 saturated carbocycles. The molecule has 2 aliphatic rings. The maximum Gasteiger partial charge on any atom is 0.320 e. The Kier molecular flexibility index (Phi) is 6.90. The van der Waals surface area contributed by atoms with Gasteiger partial charge in [0.05, 0.1) is 16.7 Å². The highest BCUT2D eigenvalue weighted by Crippen LogP contribution is 2.45. The normalized spacial score (nSPS) is 20.4. The molecule has 2 heterocycles. The van der Waals surface area contributed by atoms with Gasteiger partial charge in [0.1, 0.15) is 6.20 Å². The fraction of sp³-hybridized carbons (Fsp3) is 0.269. The quantitative estimate of drug-likeness (QED) is 0.235. The average molecular weight is 613 g/mol. The number of amides is 1. The highest BCUT2D eigenvalue weighted by atomic mass is 79.9. The second-order valence-electron chi connectivity index (χ2n) is 8.83. The smallest absolute Gasteiger partial charge is 0.265 e. The van der Waals surface area contributed by atoms with Crippen molar-refractivity contribution in [2.45, 2.75) is 38.8 Å². The highest BCUT2D eigenvalue weighted by Gasteiger charge is 2.45. The van der Waals surface area contributed by atoms with E-state index in [2.05, 4.69) is 43.0 Å². The average Bonchev–Trinajstić information content (AvgIpc) is 3.49. The van der Waals surface area contributed by atoms with Gasteiger partial charge in [0.15, 0.2) is 0 Å². The fourth-order valence-electron chi connectivity index (χ4n) is 4.89. The lowest BCUT2D eigenvalue weighted by Crippen LogP contribution is -2.32. The number of aromatic nitrogens is 2. The number of benzene rings is 2. The van der Waals surface area contributed by atoms with Gasteiger partial charge in [-0.05, 0) is 73.2 Å². The van der Waals surface area contributed by atoms with Crippen LogP contribution in [0.15, 0.2) is 74.3 Å². The lowest BCUT2D eigenvalue weighted by molar-refractivity contribution is -0.385. The largest absolute Gasteiger partial charge is 0.320 e. The molecule has 0 bridgehead atoms.